The Balaban J connectivity index is 1.72. The molecule has 0 atom stereocenters. The molecule has 0 saturated carbocycles. The Morgan fingerprint density at radius 2 is 1.88 bits per heavy atom. The van der Waals surface area contributed by atoms with Crippen LogP contribution >= 0.6 is 0 Å². The van der Waals surface area contributed by atoms with Crippen LogP contribution < -0.4 is 15.6 Å². The minimum Gasteiger partial charge on any atom is -0.494 e. The Morgan fingerprint density at radius 1 is 1.12 bits per heavy atom. The lowest BCUT2D eigenvalue weighted by molar-refractivity contribution is -0.121. The van der Waals surface area contributed by atoms with Crippen molar-refractivity contribution >= 4 is 11.8 Å². The Hall–Kier alpha value is -2.83. The zero-order valence-electron chi connectivity index (χ0n) is 15.3. The van der Waals surface area contributed by atoms with Crippen LogP contribution in [-0.4, -0.2) is 28.2 Å². The van der Waals surface area contributed by atoms with E-state index in [1.807, 2.05) is 0 Å². The average molecular weight is 358 g/mol. The van der Waals surface area contributed by atoms with E-state index in [2.05, 4.69) is 22.9 Å². The number of nitrogens with zero attached hydrogens (tertiary/aromatic N) is 2. The van der Waals surface area contributed by atoms with Gasteiger partial charge in [-0.25, -0.2) is 0 Å². The molecule has 0 unspecified atom stereocenters. The molecule has 7 heteroatoms. The van der Waals surface area contributed by atoms with Gasteiger partial charge in [-0.2, -0.15) is 5.10 Å². The van der Waals surface area contributed by atoms with Crippen molar-refractivity contribution in [3.05, 3.63) is 47.8 Å². The lowest BCUT2D eigenvalue weighted by atomic mass is 10.2. The molecule has 2 rings (SSSR count). The van der Waals surface area contributed by atoms with Gasteiger partial charge in [0, 0.05) is 18.8 Å². The molecule has 1 aromatic carbocycles. The lowest BCUT2D eigenvalue weighted by Gasteiger charge is -2.08. The van der Waals surface area contributed by atoms with E-state index in [1.165, 1.54) is 12.8 Å². The number of carbonyl (C=O) groups is 2. The quantitative estimate of drug-likeness (QED) is 0.532. The predicted molar refractivity (Wildman–Crippen MR) is 98.6 cm³/mol. The summed E-state index contributed by atoms with van der Waals surface area (Å²) in [5.74, 6) is 0.0519. The molecule has 0 bridgehead atoms. The third kappa shape index (κ3) is 6.58. The van der Waals surface area contributed by atoms with Crippen molar-refractivity contribution in [2.24, 2.45) is 7.05 Å². The third-order valence-electron chi connectivity index (χ3n) is 3.82. The number of hydrogen-bond acceptors (Lipinski definition) is 4. The summed E-state index contributed by atoms with van der Waals surface area (Å²) in [5, 5.41) is 3.99. The van der Waals surface area contributed by atoms with Gasteiger partial charge in [-0.15, -0.1) is 0 Å². The molecule has 0 fully saturated rings. The fraction of sp³-hybridized carbons (Fsp3) is 0.421. The fourth-order valence-corrected chi connectivity index (χ4v) is 2.41. The van der Waals surface area contributed by atoms with Crippen LogP contribution in [0, 0.1) is 0 Å². The van der Waals surface area contributed by atoms with E-state index in [1.54, 1.807) is 48.4 Å². The van der Waals surface area contributed by atoms with Gasteiger partial charge >= 0.3 is 0 Å². The Bertz CT molecular complexity index is 710. The van der Waals surface area contributed by atoms with Crippen molar-refractivity contribution in [2.45, 2.75) is 39.0 Å². The second-order valence-corrected chi connectivity index (χ2v) is 6.13. The van der Waals surface area contributed by atoms with Crippen molar-refractivity contribution in [1.82, 2.24) is 20.6 Å². The number of aromatic nitrogens is 2. The molecule has 0 spiro atoms. The normalized spacial score (nSPS) is 10.4. The molecule has 7 nitrogen and oxygen atoms in total. The molecule has 26 heavy (non-hydrogen) atoms. The van der Waals surface area contributed by atoms with Crippen LogP contribution in [0.3, 0.4) is 0 Å². The average Bonchev–Trinajstić information content (AvgIpc) is 3.04. The van der Waals surface area contributed by atoms with Crippen molar-refractivity contribution in [3.8, 4) is 5.75 Å². The van der Waals surface area contributed by atoms with E-state index in [4.69, 9.17) is 4.74 Å². The molecule has 2 N–H and O–H groups in total. The maximum atomic E-state index is 12.1. The zero-order chi connectivity index (χ0) is 18.8. The molecule has 2 amide bonds. The van der Waals surface area contributed by atoms with Gasteiger partial charge in [0.2, 0.25) is 5.91 Å². The van der Waals surface area contributed by atoms with E-state index in [0.717, 1.165) is 24.2 Å². The number of hydrazine groups is 1. The highest BCUT2D eigenvalue weighted by Crippen LogP contribution is 2.13. The van der Waals surface area contributed by atoms with Crippen LogP contribution in [0.15, 0.2) is 36.7 Å². The predicted octanol–water partition coefficient (Wildman–Crippen LogP) is 2.38. The van der Waals surface area contributed by atoms with E-state index >= 15 is 0 Å². The summed E-state index contributed by atoms with van der Waals surface area (Å²) in [6, 6.07) is 6.85. The molecule has 1 aromatic heterocycles. The summed E-state index contributed by atoms with van der Waals surface area (Å²) in [4.78, 5) is 23.9. The molecule has 0 aliphatic heterocycles. The highest BCUT2D eigenvalue weighted by atomic mass is 16.5. The minimum absolute atomic E-state index is 0.152. The van der Waals surface area contributed by atoms with Gasteiger partial charge in [0.1, 0.15) is 5.75 Å². The smallest absolute Gasteiger partial charge is 0.269 e. The van der Waals surface area contributed by atoms with Crippen LogP contribution in [0.2, 0.25) is 0 Å². The van der Waals surface area contributed by atoms with Crippen molar-refractivity contribution < 1.29 is 14.3 Å². The Morgan fingerprint density at radius 3 is 2.54 bits per heavy atom. The van der Waals surface area contributed by atoms with E-state index in [-0.39, 0.29) is 18.2 Å². The van der Waals surface area contributed by atoms with Gasteiger partial charge in [-0.05, 0) is 36.2 Å². The summed E-state index contributed by atoms with van der Waals surface area (Å²) in [6.07, 6.45) is 8.12. The van der Waals surface area contributed by atoms with Crippen LogP contribution in [0.25, 0.3) is 0 Å². The van der Waals surface area contributed by atoms with E-state index in [0.29, 0.717) is 12.2 Å². The molecule has 140 valence electrons. The number of benzene rings is 1. The van der Waals surface area contributed by atoms with Crippen LogP contribution in [0.4, 0.5) is 0 Å². The highest BCUT2D eigenvalue weighted by Gasteiger charge is 2.09. The second kappa shape index (κ2) is 10.2. The van der Waals surface area contributed by atoms with Crippen molar-refractivity contribution in [3.63, 3.8) is 0 Å². The van der Waals surface area contributed by atoms with E-state index in [9.17, 15) is 9.59 Å². The molecule has 2 aromatic rings. The molecule has 0 aliphatic rings. The molecular weight excluding hydrogens is 332 g/mol. The summed E-state index contributed by atoms with van der Waals surface area (Å²) in [5.41, 5.74) is 6.03. The maximum Gasteiger partial charge on any atom is 0.269 e. The van der Waals surface area contributed by atoms with Gasteiger partial charge in [-0.3, -0.25) is 25.1 Å². The van der Waals surface area contributed by atoms with Gasteiger partial charge in [0.25, 0.3) is 5.91 Å². The van der Waals surface area contributed by atoms with Gasteiger partial charge in [0.05, 0.1) is 19.2 Å². The standard InChI is InChI=1S/C19H26N4O3/c1-3-4-5-6-11-26-17-9-7-16(8-10-17)19(25)22-21-18(24)12-15-13-20-23(2)14-15/h7-10,13-14H,3-6,11-12H2,1-2H3,(H,21,24)(H,22,25). The largest absolute Gasteiger partial charge is 0.494 e. The number of carbonyl (C=O) groups excluding carboxylic acids is 2. The maximum absolute atomic E-state index is 12.1. The highest BCUT2D eigenvalue weighted by molar-refractivity contribution is 5.95. The molecule has 1 heterocycles. The molecule has 0 saturated heterocycles. The number of amides is 2. The lowest BCUT2D eigenvalue weighted by Crippen LogP contribution is -2.42. The SMILES string of the molecule is CCCCCCOc1ccc(C(=O)NNC(=O)Cc2cnn(C)c2)cc1. The summed E-state index contributed by atoms with van der Waals surface area (Å²) in [7, 11) is 1.78. The molecule has 0 aliphatic carbocycles. The number of nitrogens with one attached hydrogen (secondary N) is 2. The number of hydrogen-bond donors (Lipinski definition) is 2. The van der Waals surface area contributed by atoms with Crippen molar-refractivity contribution in [2.75, 3.05) is 6.61 Å². The van der Waals surface area contributed by atoms with Gasteiger partial charge < -0.3 is 4.74 Å². The molecule has 0 radical (unpaired) electrons. The number of rotatable bonds is 9. The van der Waals surface area contributed by atoms with Crippen LogP contribution in [-0.2, 0) is 18.3 Å². The summed E-state index contributed by atoms with van der Waals surface area (Å²) < 4.78 is 7.26. The number of aryl methyl sites for hydroxylation is 1. The van der Waals surface area contributed by atoms with Crippen molar-refractivity contribution in [1.29, 1.82) is 0 Å². The fourth-order valence-electron chi connectivity index (χ4n) is 2.41. The Labute approximate surface area is 153 Å². The first-order chi connectivity index (χ1) is 12.6. The van der Waals surface area contributed by atoms with Gasteiger partial charge in [0.15, 0.2) is 0 Å². The molecular formula is C19H26N4O3. The van der Waals surface area contributed by atoms with Crippen LogP contribution in [0.1, 0.15) is 48.5 Å². The summed E-state index contributed by atoms with van der Waals surface area (Å²) >= 11 is 0. The first-order valence-corrected chi connectivity index (χ1v) is 8.88. The summed E-state index contributed by atoms with van der Waals surface area (Å²) in [6.45, 7) is 2.85. The Kier molecular flexibility index (Phi) is 7.67. The monoisotopic (exact) mass is 358 g/mol. The second-order valence-electron chi connectivity index (χ2n) is 6.13. The number of ether oxygens (including phenoxy) is 1. The van der Waals surface area contributed by atoms with Gasteiger partial charge in [-0.1, -0.05) is 26.2 Å². The zero-order valence-corrected chi connectivity index (χ0v) is 15.3. The third-order valence-corrected chi connectivity index (χ3v) is 3.82. The topological polar surface area (TPSA) is 85.2 Å². The first kappa shape index (κ1) is 19.5. The number of unbranched alkanes of at least 4 members (excludes halogenated alkanes) is 3. The van der Waals surface area contributed by atoms with E-state index < -0.39 is 0 Å². The first-order valence-electron chi connectivity index (χ1n) is 8.88. The minimum atomic E-state index is -0.376. The van der Waals surface area contributed by atoms with Crippen LogP contribution in [0.5, 0.6) is 5.75 Å².